The fourth-order valence-corrected chi connectivity index (χ4v) is 2.54. The first-order valence-electron chi connectivity index (χ1n) is 6.80. The van der Waals surface area contributed by atoms with Crippen LogP contribution in [0.1, 0.15) is 18.5 Å². The fourth-order valence-electron chi connectivity index (χ4n) is 2.54. The monoisotopic (exact) mass is 287 g/mol. The lowest BCUT2D eigenvalue weighted by molar-refractivity contribution is -0.140. The largest absolute Gasteiger partial charge is 0.486 e. The minimum absolute atomic E-state index is 0.486. The Labute approximate surface area is 120 Å². The third kappa shape index (κ3) is 1.86. The van der Waals surface area contributed by atoms with Crippen LogP contribution in [-0.2, 0) is 10.2 Å². The van der Waals surface area contributed by atoms with E-state index < -0.39 is 11.4 Å². The molecule has 0 unspecified atom stereocenters. The topological polar surface area (TPSA) is 81.8 Å². The van der Waals surface area contributed by atoms with Crippen molar-refractivity contribution in [2.45, 2.75) is 18.3 Å². The molecule has 1 aromatic heterocycles. The van der Waals surface area contributed by atoms with Crippen molar-refractivity contribution in [1.82, 2.24) is 5.16 Å². The molecular weight excluding hydrogens is 274 g/mol. The van der Waals surface area contributed by atoms with Crippen LogP contribution in [0.2, 0.25) is 0 Å². The second kappa shape index (κ2) is 4.25. The number of carboxylic acid groups (broad SMARTS) is 1. The van der Waals surface area contributed by atoms with E-state index in [0.717, 1.165) is 5.56 Å². The number of hydrogen-bond donors (Lipinski definition) is 1. The molecule has 108 valence electrons. The highest BCUT2D eigenvalue weighted by atomic mass is 16.6. The van der Waals surface area contributed by atoms with E-state index in [1.54, 1.807) is 6.07 Å². The molecule has 2 aliphatic rings. The number of fused-ring (bicyclic) bond motifs is 1. The minimum Gasteiger partial charge on any atom is -0.486 e. The molecule has 0 spiro atoms. The number of benzene rings is 1. The van der Waals surface area contributed by atoms with Crippen LogP contribution < -0.4 is 9.47 Å². The number of ether oxygens (including phenoxy) is 2. The highest BCUT2D eigenvalue weighted by Gasteiger charge is 2.54. The van der Waals surface area contributed by atoms with Gasteiger partial charge in [-0.1, -0.05) is 5.16 Å². The van der Waals surface area contributed by atoms with Crippen molar-refractivity contribution in [3.05, 3.63) is 30.0 Å². The fraction of sp³-hybridized carbons (Fsp3) is 0.333. The maximum atomic E-state index is 11.3. The van der Waals surface area contributed by atoms with Crippen molar-refractivity contribution in [3.8, 4) is 22.8 Å². The van der Waals surface area contributed by atoms with Gasteiger partial charge in [0.05, 0.1) is 0 Å². The van der Waals surface area contributed by atoms with Crippen molar-refractivity contribution in [3.63, 3.8) is 0 Å². The number of nitrogens with zero attached hydrogens (tertiary/aromatic N) is 1. The summed E-state index contributed by atoms with van der Waals surface area (Å²) < 4.78 is 16.3. The van der Waals surface area contributed by atoms with Gasteiger partial charge in [0.15, 0.2) is 17.3 Å². The average molecular weight is 287 g/mol. The summed E-state index contributed by atoms with van der Waals surface area (Å²) in [6.45, 7) is 1.06. The lowest BCUT2D eigenvalue weighted by Gasteiger charge is -2.18. The van der Waals surface area contributed by atoms with E-state index in [2.05, 4.69) is 5.16 Å². The van der Waals surface area contributed by atoms with E-state index in [1.807, 2.05) is 18.2 Å². The molecule has 2 heterocycles. The van der Waals surface area contributed by atoms with E-state index in [1.165, 1.54) is 0 Å². The third-order valence-corrected chi connectivity index (χ3v) is 3.99. The molecule has 1 aliphatic heterocycles. The molecule has 1 aliphatic carbocycles. The molecule has 0 bridgehead atoms. The smallest absolute Gasteiger partial charge is 0.315 e. The summed E-state index contributed by atoms with van der Waals surface area (Å²) in [6, 6.07) is 7.18. The highest BCUT2D eigenvalue weighted by molar-refractivity contribution is 5.84. The molecule has 21 heavy (non-hydrogen) atoms. The molecule has 0 atom stereocenters. The van der Waals surface area contributed by atoms with Gasteiger partial charge in [-0.15, -0.1) is 0 Å². The molecule has 1 N–H and O–H groups in total. The van der Waals surface area contributed by atoms with Gasteiger partial charge in [0.1, 0.15) is 24.3 Å². The summed E-state index contributed by atoms with van der Waals surface area (Å²) in [5, 5.41) is 13.2. The SMILES string of the molecule is O=C(O)C1(c2cc(-c3ccc4c(c3)OCCO4)on2)CC1. The zero-order chi connectivity index (χ0) is 14.4. The number of aliphatic carboxylic acids is 1. The first-order valence-corrected chi connectivity index (χ1v) is 6.80. The lowest BCUT2D eigenvalue weighted by atomic mass is 10.0. The first-order chi connectivity index (χ1) is 10.2. The Balaban J connectivity index is 1.68. The van der Waals surface area contributed by atoms with E-state index in [4.69, 9.17) is 14.0 Å². The molecule has 4 rings (SSSR count). The predicted molar refractivity (Wildman–Crippen MR) is 71.5 cm³/mol. The van der Waals surface area contributed by atoms with Crippen LogP contribution in [0.4, 0.5) is 0 Å². The van der Waals surface area contributed by atoms with E-state index >= 15 is 0 Å². The second-order valence-electron chi connectivity index (χ2n) is 5.32. The predicted octanol–water partition coefficient (Wildman–Crippen LogP) is 2.23. The van der Waals surface area contributed by atoms with Gasteiger partial charge in [0.2, 0.25) is 0 Å². The molecule has 0 radical (unpaired) electrons. The first kappa shape index (κ1) is 12.3. The average Bonchev–Trinajstić information content (AvgIpc) is 3.18. The third-order valence-electron chi connectivity index (χ3n) is 3.99. The summed E-state index contributed by atoms with van der Waals surface area (Å²) in [6.07, 6.45) is 1.21. The summed E-state index contributed by atoms with van der Waals surface area (Å²) in [5.74, 6) is 1.06. The number of carboxylic acids is 1. The van der Waals surface area contributed by atoms with Crippen LogP contribution in [0, 0.1) is 0 Å². The zero-order valence-electron chi connectivity index (χ0n) is 11.2. The second-order valence-corrected chi connectivity index (χ2v) is 5.32. The molecule has 0 amide bonds. The molecule has 2 aromatic rings. The number of rotatable bonds is 3. The van der Waals surface area contributed by atoms with Crippen molar-refractivity contribution in [2.24, 2.45) is 0 Å². The van der Waals surface area contributed by atoms with Crippen molar-refractivity contribution in [2.75, 3.05) is 13.2 Å². The summed E-state index contributed by atoms with van der Waals surface area (Å²) in [4.78, 5) is 11.3. The normalized spacial score (nSPS) is 18.3. The molecule has 1 saturated carbocycles. The highest BCUT2D eigenvalue weighted by Crippen LogP contribution is 2.48. The van der Waals surface area contributed by atoms with Crippen LogP contribution in [0.15, 0.2) is 28.8 Å². The molecule has 1 aromatic carbocycles. The van der Waals surface area contributed by atoms with Gasteiger partial charge in [-0.2, -0.15) is 0 Å². The molecule has 6 heteroatoms. The Morgan fingerprint density at radius 2 is 1.90 bits per heavy atom. The molecular formula is C15H13NO5. The number of hydrogen-bond acceptors (Lipinski definition) is 5. The quantitative estimate of drug-likeness (QED) is 0.932. The van der Waals surface area contributed by atoms with Crippen molar-refractivity contribution >= 4 is 5.97 Å². The molecule has 6 nitrogen and oxygen atoms in total. The van der Waals surface area contributed by atoms with Crippen LogP contribution >= 0.6 is 0 Å². The Hall–Kier alpha value is -2.50. The molecule has 1 fully saturated rings. The van der Waals surface area contributed by atoms with Crippen molar-refractivity contribution < 1.29 is 23.9 Å². The standard InChI is InChI=1S/C15H13NO5/c17-14(18)15(3-4-15)13-8-11(21-16-13)9-1-2-10-12(7-9)20-6-5-19-10/h1-2,7-8H,3-6H2,(H,17,18). The van der Waals surface area contributed by atoms with Crippen LogP contribution in [0.5, 0.6) is 11.5 Å². The van der Waals surface area contributed by atoms with Crippen LogP contribution in [-0.4, -0.2) is 29.4 Å². The van der Waals surface area contributed by atoms with Gasteiger partial charge in [0, 0.05) is 11.6 Å². The van der Waals surface area contributed by atoms with Gasteiger partial charge < -0.3 is 19.1 Å². The summed E-state index contributed by atoms with van der Waals surface area (Å²) in [5.41, 5.74) is 0.425. The maximum absolute atomic E-state index is 11.3. The molecule has 0 saturated heterocycles. The van der Waals surface area contributed by atoms with Crippen LogP contribution in [0.3, 0.4) is 0 Å². The number of aromatic nitrogens is 1. The Bertz CT molecular complexity index is 717. The van der Waals surface area contributed by atoms with Gasteiger partial charge in [-0.25, -0.2) is 0 Å². The summed E-state index contributed by atoms with van der Waals surface area (Å²) >= 11 is 0. The van der Waals surface area contributed by atoms with Crippen LogP contribution in [0.25, 0.3) is 11.3 Å². The Morgan fingerprint density at radius 3 is 2.62 bits per heavy atom. The summed E-state index contributed by atoms with van der Waals surface area (Å²) in [7, 11) is 0. The van der Waals surface area contributed by atoms with Crippen molar-refractivity contribution in [1.29, 1.82) is 0 Å². The van der Waals surface area contributed by atoms with Gasteiger partial charge in [-0.05, 0) is 31.0 Å². The van der Waals surface area contributed by atoms with E-state index in [9.17, 15) is 9.90 Å². The lowest BCUT2D eigenvalue weighted by Crippen LogP contribution is -2.19. The maximum Gasteiger partial charge on any atom is 0.315 e. The van der Waals surface area contributed by atoms with E-state index in [0.29, 0.717) is 49.0 Å². The van der Waals surface area contributed by atoms with E-state index in [-0.39, 0.29) is 0 Å². The van der Waals surface area contributed by atoms with Gasteiger partial charge in [0.25, 0.3) is 0 Å². The van der Waals surface area contributed by atoms with Gasteiger partial charge in [-0.3, -0.25) is 4.79 Å². The minimum atomic E-state index is -0.852. The zero-order valence-corrected chi connectivity index (χ0v) is 11.2. The Kier molecular flexibility index (Phi) is 2.48. The van der Waals surface area contributed by atoms with Gasteiger partial charge >= 0.3 is 5.97 Å². The Morgan fingerprint density at radius 1 is 1.14 bits per heavy atom. The number of carbonyl (C=O) groups is 1.